The maximum atomic E-state index is 12.9. The summed E-state index contributed by atoms with van der Waals surface area (Å²) in [6, 6.07) is 8.57. The minimum Gasteiger partial charge on any atom is -0.380 e. The molecule has 2 N–H and O–H groups in total. The topological polar surface area (TPSA) is 93.2 Å². The molecule has 4 atom stereocenters. The molecule has 28 heavy (non-hydrogen) atoms. The van der Waals surface area contributed by atoms with Crippen molar-refractivity contribution in [2.45, 2.75) is 18.3 Å². The van der Waals surface area contributed by atoms with Crippen LogP contribution in [-0.4, -0.2) is 48.1 Å². The number of hydrogen-bond acceptors (Lipinski definition) is 5. The number of nitrogens with one attached hydrogen (secondary N) is 2. The van der Waals surface area contributed by atoms with Gasteiger partial charge in [0.05, 0.1) is 24.6 Å². The van der Waals surface area contributed by atoms with Gasteiger partial charge in [0.1, 0.15) is 11.1 Å². The van der Waals surface area contributed by atoms with Crippen molar-refractivity contribution in [3.8, 4) is 0 Å². The average molecular weight is 401 g/mol. The van der Waals surface area contributed by atoms with E-state index >= 15 is 0 Å². The number of pyridine rings is 2. The number of ether oxygens (including phenoxy) is 1. The monoisotopic (exact) mass is 400 g/mol. The Morgan fingerprint density at radius 3 is 2.75 bits per heavy atom. The zero-order valence-corrected chi connectivity index (χ0v) is 16.4. The van der Waals surface area contributed by atoms with Crippen LogP contribution in [0.3, 0.4) is 0 Å². The Kier molecular flexibility index (Phi) is 4.81. The smallest absolute Gasteiger partial charge is 0.269 e. The Morgan fingerprint density at radius 1 is 1.29 bits per heavy atom. The van der Waals surface area contributed by atoms with Crippen LogP contribution in [0.4, 0.5) is 0 Å². The first-order chi connectivity index (χ1) is 13.4. The van der Waals surface area contributed by atoms with Crippen LogP contribution in [0, 0.1) is 11.3 Å². The first-order valence-electron chi connectivity index (χ1n) is 9.11. The third-order valence-electron chi connectivity index (χ3n) is 5.62. The van der Waals surface area contributed by atoms with Crippen LogP contribution in [0.15, 0.2) is 36.5 Å². The summed E-state index contributed by atoms with van der Waals surface area (Å²) in [5.41, 5.74) is 1.48. The van der Waals surface area contributed by atoms with Gasteiger partial charge in [-0.05, 0) is 24.3 Å². The van der Waals surface area contributed by atoms with Crippen molar-refractivity contribution in [2.75, 3.05) is 20.3 Å². The fourth-order valence-corrected chi connectivity index (χ4v) is 4.02. The zero-order valence-electron chi connectivity index (χ0n) is 15.6. The summed E-state index contributed by atoms with van der Waals surface area (Å²) in [6.45, 7) is 3.42. The lowest BCUT2D eigenvalue weighted by molar-refractivity contribution is 0.0914. The molecular formula is C20H21ClN4O3. The van der Waals surface area contributed by atoms with Gasteiger partial charge in [-0.15, -0.1) is 11.6 Å². The Balaban J connectivity index is 1.63. The molecule has 1 saturated carbocycles. The molecule has 1 aliphatic carbocycles. The molecule has 2 aliphatic rings. The van der Waals surface area contributed by atoms with Gasteiger partial charge in [-0.3, -0.25) is 14.6 Å². The van der Waals surface area contributed by atoms with Gasteiger partial charge in [-0.2, -0.15) is 0 Å². The molecule has 1 aliphatic heterocycles. The van der Waals surface area contributed by atoms with Gasteiger partial charge in [-0.25, -0.2) is 4.98 Å². The molecule has 0 aromatic carbocycles. The van der Waals surface area contributed by atoms with Crippen molar-refractivity contribution < 1.29 is 14.3 Å². The van der Waals surface area contributed by atoms with E-state index < -0.39 is 5.38 Å². The molecule has 7 nitrogen and oxygen atoms in total. The number of nitrogens with zero attached hydrogens (tertiary/aromatic N) is 2. The maximum absolute atomic E-state index is 12.9. The summed E-state index contributed by atoms with van der Waals surface area (Å²) in [5, 5.41) is 4.92. The average Bonchev–Trinajstić information content (AvgIpc) is 3.06. The highest BCUT2D eigenvalue weighted by molar-refractivity contribution is 6.22. The van der Waals surface area contributed by atoms with Gasteiger partial charge in [-0.1, -0.05) is 13.0 Å². The number of amides is 2. The van der Waals surface area contributed by atoms with Gasteiger partial charge in [0.15, 0.2) is 0 Å². The second-order valence-corrected chi connectivity index (χ2v) is 7.88. The Morgan fingerprint density at radius 2 is 2.11 bits per heavy atom. The minimum atomic E-state index is -0.677. The van der Waals surface area contributed by atoms with Crippen LogP contribution >= 0.6 is 11.6 Å². The summed E-state index contributed by atoms with van der Waals surface area (Å²) in [6.07, 6.45) is 1.63. The summed E-state index contributed by atoms with van der Waals surface area (Å²) in [5.74, 6) is -0.297. The molecule has 2 amide bonds. The van der Waals surface area contributed by atoms with E-state index in [0.717, 1.165) is 0 Å². The quantitative estimate of drug-likeness (QED) is 0.748. The van der Waals surface area contributed by atoms with Gasteiger partial charge in [0.2, 0.25) is 0 Å². The number of fused-ring (bicyclic) bond motifs is 1. The van der Waals surface area contributed by atoms with E-state index in [0.29, 0.717) is 36.1 Å². The molecule has 2 aromatic rings. The number of carbonyl (C=O) groups excluding carboxylic acids is 2. The van der Waals surface area contributed by atoms with E-state index in [9.17, 15) is 9.59 Å². The third-order valence-corrected chi connectivity index (χ3v) is 6.07. The number of carbonyl (C=O) groups is 2. The highest BCUT2D eigenvalue weighted by Gasteiger charge is 2.65. The van der Waals surface area contributed by atoms with Gasteiger partial charge < -0.3 is 15.4 Å². The molecular weight excluding hydrogens is 380 g/mol. The molecule has 0 radical (unpaired) electrons. The maximum Gasteiger partial charge on any atom is 0.269 e. The van der Waals surface area contributed by atoms with Crippen molar-refractivity contribution in [2.24, 2.45) is 11.3 Å². The van der Waals surface area contributed by atoms with Gasteiger partial charge in [0, 0.05) is 36.2 Å². The molecule has 2 fully saturated rings. The number of alkyl halides is 1. The fraction of sp³-hybridized carbons (Fsp3) is 0.400. The SMILES string of the molecule is CNC(=O)c1cc(C(=O)N[C@@H]2[C@H]3COC[C@]32C)cc(C(Cl)c2ccccn2)n1. The van der Waals surface area contributed by atoms with Crippen LogP contribution in [0.25, 0.3) is 0 Å². The molecule has 1 unspecified atom stereocenters. The van der Waals surface area contributed by atoms with Crippen molar-refractivity contribution >= 4 is 23.4 Å². The van der Waals surface area contributed by atoms with E-state index in [2.05, 4.69) is 27.5 Å². The summed E-state index contributed by atoms with van der Waals surface area (Å²) in [4.78, 5) is 33.6. The molecule has 0 spiro atoms. The predicted molar refractivity (Wildman–Crippen MR) is 103 cm³/mol. The van der Waals surface area contributed by atoms with E-state index in [1.807, 2.05) is 6.07 Å². The molecule has 146 valence electrons. The Labute approximate surface area is 167 Å². The third kappa shape index (κ3) is 3.25. The normalized spacial score (nSPS) is 26.2. The molecule has 3 heterocycles. The molecule has 8 heteroatoms. The van der Waals surface area contributed by atoms with Crippen molar-refractivity contribution in [1.29, 1.82) is 0 Å². The lowest BCUT2D eigenvalue weighted by Crippen LogP contribution is -2.32. The lowest BCUT2D eigenvalue weighted by atomic mass is 10.1. The van der Waals surface area contributed by atoms with E-state index in [4.69, 9.17) is 16.3 Å². The summed E-state index contributed by atoms with van der Waals surface area (Å²) in [7, 11) is 1.51. The second-order valence-electron chi connectivity index (χ2n) is 7.44. The largest absolute Gasteiger partial charge is 0.380 e. The molecule has 0 bridgehead atoms. The summed E-state index contributed by atoms with van der Waals surface area (Å²) < 4.78 is 5.45. The van der Waals surface area contributed by atoms with Crippen molar-refractivity contribution in [1.82, 2.24) is 20.6 Å². The van der Waals surface area contributed by atoms with E-state index in [-0.39, 0.29) is 29.0 Å². The van der Waals surface area contributed by atoms with Gasteiger partial charge in [0.25, 0.3) is 11.8 Å². The lowest BCUT2D eigenvalue weighted by Gasteiger charge is -2.14. The Bertz CT molecular complexity index is 923. The van der Waals surface area contributed by atoms with Crippen molar-refractivity contribution in [3.63, 3.8) is 0 Å². The van der Waals surface area contributed by atoms with Crippen LogP contribution in [0.1, 0.15) is 44.5 Å². The van der Waals surface area contributed by atoms with E-state index in [1.165, 1.54) is 13.1 Å². The Hall–Kier alpha value is -2.51. The summed E-state index contributed by atoms with van der Waals surface area (Å²) >= 11 is 6.54. The minimum absolute atomic E-state index is 0.00186. The standard InChI is InChI=1S/C20H21ClN4O3/c1-20-10-28-9-12(20)17(20)25-18(26)11-7-14(24-15(8-11)19(27)22-2)16(21)13-5-3-4-6-23-13/h3-8,12,16-17H,9-10H2,1-2H3,(H,22,27)(H,25,26)/t12-,16?,17-,20-/m1/s1. The van der Waals surface area contributed by atoms with Crippen LogP contribution < -0.4 is 10.6 Å². The second kappa shape index (κ2) is 7.14. The highest BCUT2D eigenvalue weighted by Crippen LogP contribution is 2.56. The number of aromatic nitrogens is 2. The molecule has 4 rings (SSSR count). The van der Waals surface area contributed by atoms with Crippen LogP contribution in [0.2, 0.25) is 0 Å². The first kappa shape index (κ1) is 18.8. The fourth-order valence-electron chi connectivity index (χ4n) is 3.77. The van der Waals surface area contributed by atoms with Gasteiger partial charge >= 0.3 is 0 Å². The van der Waals surface area contributed by atoms with Crippen LogP contribution in [0.5, 0.6) is 0 Å². The zero-order chi connectivity index (χ0) is 19.9. The van der Waals surface area contributed by atoms with Crippen molar-refractivity contribution in [3.05, 3.63) is 59.2 Å². The van der Waals surface area contributed by atoms with Crippen LogP contribution in [-0.2, 0) is 4.74 Å². The highest BCUT2D eigenvalue weighted by atomic mass is 35.5. The number of hydrogen-bond donors (Lipinski definition) is 2. The molecule has 2 aromatic heterocycles. The first-order valence-corrected chi connectivity index (χ1v) is 9.55. The predicted octanol–water partition coefficient (Wildman–Crippen LogP) is 1.93. The number of rotatable bonds is 5. The van der Waals surface area contributed by atoms with E-state index in [1.54, 1.807) is 24.4 Å². The number of halogens is 1. The molecule has 1 saturated heterocycles.